The molecule has 5 nitrogen and oxygen atoms in total. The summed E-state index contributed by atoms with van der Waals surface area (Å²) in [6, 6.07) is 4.60. The van der Waals surface area contributed by atoms with Crippen molar-refractivity contribution in [3.63, 3.8) is 0 Å². The fourth-order valence-corrected chi connectivity index (χ4v) is 2.73. The summed E-state index contributed by atoms with van der Waals surface area (Å²) in [5.41, 5.74) is 3.13. The molecule has 2 heterocycles. The molecule has 0 unspecified atom stereocenters. The molecule has 1 aliphatic rings. The summed E-state index contributed by atoms with van der Waals surface area (Å²) in [5, 5.41) is 10.8. The zero-order chi connectivity index (χ0) is 20.1. The van der Waals surface area contributed by atoms with Crippen LogP contribution in [-0.2, 0) is 4.79 Å². The highest BCUT2D eigenvalue weighted by Crippen LogP contribution is 2.20. The standard InChI is InChI=1S/C21H25FN4O.H2/c1-6-16(10-18(13(2)3)14(4)15(5)23)21(27)24-17-11-26(12-17)20-9-7-8-19(22)25-20;/h6-10,17,23H,1-2,11-12H2,3-5H3,(H,24,27);1H/b16-10+,18-14-,23-15?;. The van der Waals surface area contributed by atoms with Gasteiger partial charge in [-0.05, 0) is 50.1 Å². The third kappa shape index (κ3) is 5.00. The van der Waals surface area contributed by atoms with Gasteiger partial charge < -0.3 is 15.6 Å². The van der Waals surface area contributed by atoms with Crippen molar-refractivity contribution in [3.05, 3.63) is 71.7 Å². The molecular formula is C21H27FN4O. The van der Waals surface area contributed by atoms with E-state index in [0.717, 1.165) is 16.7 Å². The summed E-state index contributed by atoms with van der Waals surface area (Å²) in [4.78, 5) is 18.3. The normalized spacial score (nSPS) is 15.6. The van der Waals surface area contributed by atoms with Gasteiger partial charge in [-0.25, -0.2) is 4.98 Å². The Bertz CT molecular complexity index is 854. The Morgan fingerprint density at radius 3 is 2.59 bits per heavy atom. The van der Waals surface area contributed by atoms with Crippen molar-refractivity contribution in [1.29, 1.82) is 5.41 Å². The van der Waals surface area contributed by atoms with E-state index in [0.29, 0.717) is 30.2 Å². The average molecular weight is 370 g/mol. The maximum Gasteiger partial charge on any atom is 0.251 e. The van der Waals surface area contributed by atoms with Crippen molar-refractivity contribution in [2.24, 2.45) is 0 Å². The van der Waals surface area contributed by atoms with Crippen LogP contribution < -0.4 is 10.2 Å². The maximum atomic E-state index is 13.2. The Balaban J connectivity index is 0.00000392. The van der Waals surface area contributed by atoms with Crippen molar-refractivity contribution >= 4 is 17.4 Å². The highest BCUT2D eigenvalue weighted by Gasteiger charge is 2.29. The van der Waals surface area contributed by atoms with Crippen molar-refractivity contribution in [3.8, 4) is 0 Å². The number of aromatic nitrogens is 1. The largest absolute Gasteiger partial charge is 0.352 e. The monoisotopic (exact) mass is 370 g/mol. The first-order valence-electron chi connectivity index (χ1n) is 8.67. The van der Waals surface area contributed by atoms with Gasteiger partial charge >= 0.3 is 0 Å². The first-order valence-corrected chi connectivity index (χ1v) is 8.67. The molecule has 2 rings (SSSR count). The van der Waals surface area contributed by atoms with Gasteiger partial charge in [0.15, 0.2) is 0 Å². The van der Waals surface area contributed by atoms with E-state index in [1.165, 1.54) is 12.1 Å². The molecule has 6 heteroatoms. The van der Waals surface area contributed by atoms with Crippen molar-refractivity contribution in [1.82, 2.24) is 10.3 Å². The maximum absolute atomic E-state index is 13.2. The second-order valence-electron chi connectivity index (χ2n) is 6.64. The van der Waals surface area contributed by atoms with Gasteiger partial charge in [0.2, 0.25) is 5.95 Å². The number of hydrogen-bond donors (Lipinski definition) is 2. The second kappa shape index (κ2) is 8.58. The van der Waals surface area contributed by atoms with Gasteiger partial charge in [0.1, 0.15) is 5.82 Å². The highest BCUT2D eigenvalue weighted by molar-refractivity contribution is 6.00. The molecule has 0 saturated carbocycles. The van der Waals surface area contributed by atoms with E-state index >= 15 is 0 Å². The number of nitrogens with one attached hydrogen (secondary N) is 2. The number of pyridine rings is 1. The smallest absolute Gasteiger partial charge is 0.251 e. The van der Waals surface area contributed by atoms with Crippen molar-refractivity contribution < 1.29 is 10.6 Å². The van der Waals surface area contributed by atoms with E-state index in [1.807, 2.05) is 18.7 Å². The minimum Gasteiger partial charge on any atom is -0.352 e. The molecule has 1 saturated heterocycles. The SMILES string of the molecule is C=C/C(=C\C(C(=C)C)=C(/C)C(C)=N)C(=O)NC1CN(c2cccc(F)n2)C1.[HH]. The van der Waals surface area contributed by atoms with Crippen LogP contribution in [0.5, 0.6) is 0 Å². The molecule has 1 fully saturated rings. The number of carbonyl (C=O) groups excluding carboxylic acids is 1. The molecule has 0 atom stereocenters. The van der Waals surface area contributed by atoms with Crippen LogP contribution in [0.2, 0.25) is 0 Å². The number of anilines is 1. The molecular weight excluding hydrogens is 343 g/mol. The molecule has 0 bridgehead atoms. The van der Waals surface area contributed by atoms with Gasteiger partial charge in [-0.2, -0.15) is 4.39 Å². The topological polar surface area (TPSA) is 69.1 Å². The lowest BCUT2D eigenvalue weighted by molar-refractivity contribution is -0.118. The van der Waals surface area contributed by atoms with E-state index in [2.05, 4.69) is 23.5 Å². The number of amides is 1. The average Bonchev–Trinajstić information content (AvgIpc) is 2.57. The number of hydrogen-bond acceptors (Lipinski definition) is 4. The fourth-order valence-electron chi connectivity index (χ4n) is 2.73. The van der Waals surface area contributed by atoms with E-state index in [1.54, 1.807) is 25.1 Å². The van der Waals surface area contributed by atoms with Crippen LogP contribution in [0.1, 0.15) is 22.2 Å². The number of nitrogens with zero attached hydrogens (tertiary/aromatic N) is 2. The predicted molar refractivity (Wildman–Crippen MR) is 110 cm³/mol. The molecule has 27 heavy (non-hydrogen) atoms. The van der Waals surface area contributed by atoms with Crippen LogP contribution in [-0.4, -0.2) is 35.7 Å². The van der Waals surface area contributed by atoms with Crippen LogP contribution in [0, 0.1) is 11.4 Å². The van der Waals surface area contributed by atoms with Gasteiger partial charge in [-0.15, -0.1) is 0 Å². The van der Waals surface area contributed by atoms with E-state index in [-0.39, 0.29) is 13.4 Å². The highest BCUT2D eigenvalue weighted by atomic mass is 19.1. The molecule has 2 N–H and O–H groups in total. The van der Waals surface area contributed by atoms with Gasteiger partial charge in [-0.1, -0.05) is 30.9 Å². The molecule has 0 radical (unpaired) electrons. The molecule has 1 aromatic rings. The summed E-state index contributed by atoms with van der Waals surface area (Å²) in [6.07, 6.45) is 3.21. The number of carbonyl (C=O) groups is 1. The molecule has 0 aliphatic carbocycles. The molecule has 0 spiro atoms. The fraction of sp³-hybridized carbons (Fsp3) is 0.286. The third-order valence-electron chi connectivity index (χ3n) is 4.45. The quantitative estimate of drug-likeness (QED) is 0.332. The summed E-state index contributed by atoms with van der Waals surface area (Å²) < 4.78 is 13.2. The zero-order valence-corrected chi connectivity index (χ0v) is 16.0. The van der Waals surface area contributed by atoms with E-state index in [9.17, 15) is 9.18 Å². The van der Waals surface area contributed by atoms with Gasteiger partial charge in [0.05, 0.1) is 6.04 Å². The van der Waals surface area contributed by atoms with Gasteiger partial charge in [0.25, 0.3) is 5.91 Å². The van der Waals surface area contributed by atoms with Crippen LogP contribution >= 0.6 is 0 Å². The Hall–Kier alpha value is -3.02. The summed E-state index contributed by atoms with van der Waals surface area (Å²) in [7, 11) is 0. The summed E-state index contributed by atoms with van der Waals surface area (Å²) in [6.45, 7) is 14.2. The first-order chi connectivity index (χ1) is 12.7. The van der Waals surface area contributed by atoms with Crippen molar-refractivity contribution in [2.45, 2.75) is 26.8 Å². The number of rotatable bonds is 7. The molecule has 1 aliphatic heterocycles. The zero-order valence-electron chi connectivity index (χ0n) is 16.0. The molecule has 0 aromatic carbocycles. The lowest BCUT2D eigenvalue weighted by Crippen LogP contribution is -2.59. The van der Waals surface area contributed by atoms with Gasteiger partial charge in [0, 0.05) is 25.8 Å². The Morgan fingerprint density at radius 1 is 1.41 bits per heavy atom. The second-order valence-corrected chi connectivity index (χ2v) is 6.64. The van der Waals surface area contributed by atoms with Gasteiger partial charge in [-0.3, -0.25) is 4.79 Å². The van der Waals surface area contributed by atoms with E-state index in [4.69, 9.17) is 5.41 Å². The molecule has 1 aromatic heterocycles. The summed E-state index contributed by atoms with van der Waals surface area (Å²) in [5.74, 6) is -0.201. The van der Waals surface area contributed by atoms with Crippen LogP contribution in [0.15, 0.2) is 65.8 Å². The summed E-state index contributed by atoms with van der Waals surface area (Å²) >= 11 is 0. The third-order valence-corrected chi connectivity index (χ3v) is 4.45. The number of halogens is 1. The van der Waals surface area contributed by atoms with Crippen LogP contribution in [0.4, 0.5) is 10.2 Å². The predicted octanol–water partition coefficient (Wildman–Crippen LogP) is 3.82. The minimum atomic E-state index is -0.521. The lowest BCUT2D eigenvalue weighted by Gasteiger charge is -2.40. The van der Waals surface area contributed by atoms with Crippen molar-refractivity contribution in [2.75, 3.05) is 18.0 Å². The number of allylic oxidation sites excluding steroid dienone is 4. The minimum absolute atomic E-state index is 0. The Labute approximate surface area is 161 Å². The first kappa shape index (κ1) is 20.3. The molecule has 1 amide bonds. The van der Waals surface area contributed by atoms with E-state index < -0.39 is 5.95 Å². The van der Waals surface area contributed by atoms with Crippen LogP contribution in [0.25, 0.3) is 0 Å². The van der Waals surface area contributed by atoms with Crippen LogP contribution in [0.3, 0.4) is 0 Å². The Kier molecular flexibility index (Phi) is 6.45. The Morgan fingerprint density at radius 2 is 2.07 bits per heavy atom. The molecule has 144 valence electrons. The lowest BCUT2D eigenvalue weighted by atomic mass is 9.97.